The highest BCUT2D eigenvalue weighted by Crippen LogP contribution is 2.36. The summed E-state index contributed by atoms with van der Waals surface area (Å²) in [4.78, 5) is 22.9. The average Bonchev–Trinajstić information content (AvgIpc) is 2.27. The van der Waals surface area contributed by atoms with Gasteiger partial charge in [0.15, 0.2) is 0 Å². The Kier molecular flexibility index (Phi) is 3.39. The van der Waals surface area contributed by atoms with Gasteiger partial charge in [0.2, 0.25) is 5.91 Å². The van der Waals surface area contributed by atoms with Gasteiger partial charge < -0.3 is 10.4 Å². The van der Waals surface area contributed by atoms with Crippen LogP contribution in [0.1, 0.15) is 24.8 Å². The summed E-state index contributed by atoms with van der Waals surface area (Å²) in [5.41, 5.74) is 1.25. The van der Waals surface area contributed by atoms with Crippen LogP contribution in [0.4, 0.5) is 0 Å². The van der Waals surface area contributed by atoms with E-state index < -0.39 is 11.9 Å². The number of nitrogens with one attached hydrogen (secondary N) is 1. The van der Waals surface area contributed by atoms with E-state index >= 15 is 0 Å². The summed E-state index contributed by atoms with van der Waals surface area (Å²) in [6.45, 7) is 1.59. The molecule has 2 N–H and O–H groups in total. The van der Waals surface area contributed by atoms with Crippen LogP contribution >= 0.6 is 11.6 Å². The minimum atomic E-state index is -1.03. The number of carbonyl (C=O) groups excluding carboxylic acids is 1. The smallest absolute Gasteiger partial charge is 0.333 e. The zero-order valence-electron chi connectivity index (χ0n) is 9.74. The third-order valence-electron chi connectivity index (χ3n) is 2.98. The molecular formula is C13H12ClNO3. The van der Waals surface area contributed by atoms with Crippen molar-refractivity contribution >= 4 is 23.5 Å². The van der Waals surface area contributed by atoms with Gasteiger partial charge in [-0.3, -0.25) is 4.79 Å². The van der Waals surface area contributed by atoms with Crippen molar-refractivity contribution in [2.75, 3.05) is 0 Å². The van der Waals surface area contributed by atoms with Crippen LogP contribution < -0.4 is 5.32 Å². The second-order valence-corrected chi connectivity index (χ2v) is 4.58. The van der Waals surface area contributed by atoms with Crippen LogP contribution in [-0.2, 0) is 9.59 Å². The van der Waals surface area contributed by atoms with Gasteiger partial charge in [0.25, 0.3) is 0 Å². The number of halogens is 1. The number of carboxylic acids is 1. The molecule has 0 unspecified atom stereocenters. The van der Waals surface area contributed by atoms with E-state index in [1.54, 1.807) is 31.2 Å². The fraction of sp³-hybridized carbons (Fsp3) is 0.231. The summed E-state index contributed by atoms with van der Waals surface area (Å²) in [5, 5.41) is 12.3. The Balaban J connectivity index is 2.54. The van der Waals surface area contributed by atoms with Crippen molar-refractivity contribution in [3.8, 4) is 0 Å². The summed E-state index contributed by atoms with van der Waals surface area (Å²) >= 11 is 6.08. The first-order valence-corrected chi connectivity index (χ1v) is 5.87. The Bertz CT molecular complexity index is 551. The van der Waals surface area contributed by atoms with Crippen LogP contribution in [-0.4, -0.2) is 17.0 Å². The van der Waals surface area contributed by atoms with Gasteiger partial charge >= 0.3 is 5.97 Å². The zero-order chi connectivity index (χ0) is 13.3. The molecule has 0 saturated carbocycles. The molecule has 1 aromatic rings. The number of amides is 1. The van der Waals surface area contributed by atoms with E-state index in [1.807, 2.05) is 0 Å². The first-order chi connectivity index (χ1) is 8.50. The maximum absolute atomic E-state index is 11.6. The van der Waals surface area contributed by atoms with Crippen molar-refractivity contribution < 1.29 is 14.7 Å². The first-order valence-electron chi connectivity index (χ1n) is 5.49. The molecule has 0 saturated heterocycles. The summed E-state index contributed by atoms with van der Waals surface area (Å²) in [6.07, 6.45) is 0.0999. The molecule has 94 valence electrons. The van der Waals surface area contributed by atoms with E-state index in [4.69, 9.17) is 11.6 Å². The van der Waals surface area contributed by atoms with E-state index in [2.05, 4.69) is 5.32 Å². The molecule has 0 aromatic heterocycles. The van der Waals surface area contributed by atoms with Gasteiger partial charge in [-0.25, -0.2) is 4.79 Å². The van der Waals surface area contributed by atoms with Gasteiger partial charge in [0, 0.05) is 23.1 Å². The lowest BCUT2D eigenvalue weighted by Crippen LogP contribution is -2.33. The molecule has 5 heteroatoms. The molecule has 0 spiro atoms. The number of hydrogen-bond donors (Lipinski definition) is 2. The van der Waals surface area contributed by atoms with E-state index in [-0.39, 0.29) is 17.9 Å². The minimum absolute atomic E-state index is 0.0999. The van der Waals surface area contributed by atoms with Crippen molar-refractivity contribution in [3.63, 3.8) is 0 Å². The molecule has 1 aliphatic rings. The van der Waals surface area contributed by atoms with Gasteiger partial charge in [-0.15, -0.1) is 0 Å². The number of hydrogen-bond acceptors (Lipinski definition) is 2. The van der Waals surface area contributed by atoms with E-state index in [0.29, 0.717) is 16.3 Å². The van der Waals surface area contributed by atoms with Gasteiger partial charge in [0.05, 0.1) is 5.57 Å². The Morgan fingerprint density at radius 1 is 1.44 bits per heavy atom. The summed E-state index contributed by atoms with van der Waals surface area (Å²) in [7, 11) is 0. The lowest BCUT2D eigenvalue weighted by Gasteiger charge is -2.25. The summed E-state index contributed by atoms with van der Waals surface area (Å²) < 4.78 is 0. The molecule has 0 radical (unpaired) electrons. The van der Waals surface area contributed by atoms with Crippen LogP contribution in [0, 0.1) is 0 Å². The highest BCUT2D eigenvalue weighted by atomic mass is 35.5. The number of carboxylic acid groups (broad SMARTS) is 1. The minimum Gasteiger partial charge on any atom is -0.478 e. The average molecular weight is 266 g/mol. The second kappa shape index (κ2) is 4.82. The fourth-order valence-electron chi connectivity index (χ4n) is 2.21. The third-order valence-corrected chi connectivity index (χ3v) is 3.32. The van der Waals surface area contributed by atoms with E-state index in [1.165, 1.54) is 0 Å². The quantitative estimate of drug-likeness (QED) is 0.862. The molecule has 4 nitrogen and oxygen atoms in total. The first kappa shape index (κ1) is 12.6. The van der Waals surface area contributed by atoms with Crippen LogP contribution in [0.15, 0.2) is 35.5 Å². The second-order valence-electron chi connectivity index (χ2n) is 4.17. The standard InChI is InChI=1S/C13H12ClNO3/c1-7-12(13(17)18)9(6-11(16)15-7)8-4-2-3-5-10(8)14/h2-5,9H,6H2,1H3,(H,15,16)(H,17,18)/t9-/m0/s1. The maximum Gasteiger partial charge on any atom is 0.333 e. The molecular weight excluding hydrogens is 254 g/mol. The maximum atomic E-state index is 11.6. The molecule has 0 fully saturated rings. The molecule has 1 atom stereocenters. The van der Waals surface area contributed by atoms with Gasteiger partial charge in [-0.1, -0.05) is 29.8 Å². The Morgan fingerprint density at radius 3 is 2.72 bits per heavy atom. The van der Waals surface area contributed by atoms with Gasteiger partial charge in [-0.2, -0.15) is 0 Å². The van der Waals surface area contributed by atoms with E-state index in [0.717, 1.165) is 0 Å². The van der Waals surface area contributed by atoms with Crippen molar-refractivity contribution in [2.24, 2.45) is 0 Å². The van der Waals surface area contributed by atoms with Crippen molar-refractivity contribution in [1.82, 2.24) is 5.32 Å². The highest BCUT2D eigenvalue weighted by Gasteiger charge is 2.32. The Hall–Kier alpha value is -1.81. The number of benzene rings is 1. The zero-order valence-corrected chi connectivity index (χ0v) is 10.5. The van der Waals surface area contributed by atoms with Gasteiger partial charge in [-0.05, 0) is 18.6 Å². The summed E-state index contributed by atoms with van der Waals surface area (Å²) in [5.74, 6) is -1.72. The predicted octanol–water partition coefficient (Wildman–Crippen LogP) is 2.30. The topological polar surface area (TPSA) is 66.4 Å². The third kappa shape index (κ3) is 2.24. The number of carbonyl (C=O) groups is 2. The number of aliphatic carboxylic acids is 1. The predicted molar refractivity (Wildman–Crippen MR) is 67.3 cm³/mol. The fourth-order valence-corrected chi connectivity index (χ4v) is 2.48. The monoisotopic (exact) mass is 265 g/mol. The SMILES string of the molecule is CC1=C(C(=O)O)[C@H](c2ccccc2Cl)CC(=O)N1. The molecule has 18 heavy (non-hydrogen) atoms. The molecule has 0 bridgehead atoms. The van der Waals surface area contributed by atoms with Crippen LogP contribution in [0.3, 0.4) is 0 Å². The molecule has 1 aromatic carbocycles. The Morgan fingerprint density at radius 2 is 2.11 bits per heavy atom. The van der Waals surface area contributed by atoms with Gasteiger partial charge in [0.1, 0.15) is 0 Å². The molecule has 1 aliphatic heterocycles. The van der Waals surface area contributed by atoms with Crippen LogP contribution in [0.5, 0.6) is 0 Å². The molecule has 1 heterocycles. The Labute approximate surface area is 109 Å². The summed E-state index contributed by atoms with van der Waals surface area (Å²) in [6, 6.07) is 6.99. The number of rotatable bonds is 2. The van der Waals surface area contributed by atoms with Crippen molar-refractivity contribution in [3.05, 3.63) is 46.1 Å². The highest BCUT2D eigenvalue weighted by molar-refractivity contribution is 6.31. The number of allylic oxidation sites excluding steroid dienone is 1. The molecule has 1 amide bonds. The lowest BCUT2D eigenvalue weighted by molar-refractivity contribution is -0.133. The van der Waals surface area contributed by atoms with Crippen LogP contribution in [0.2, 0.25) is 5.02 Å². The van der Waals surface area contributed by atoms with E-state index in [9.17, 15) is 14.7 Å². The molecule has 2 rings (SSSR count). The van der Waals surface area contributed by atoms with Crippen molar-refractivity contribution in [2.45, 2.75) is 19.3 Å². The molecule has 0 aliphatic carbocycles. The van der Waals surface area contributed by atoms with Crippen LogP contribution in [0.25, 0.3) is 0 Å². The van der Waals surface area contributed by atoms with Crippen molar-refractivity contribution in [1.29, 1.82) is 0 Å². The lowest BCUT2D eigenvalue weighted by atomic mass is 9.84. The normalized spacial score (nSPS) is 19.7. The largest absolute Gasteiger partial charge is 0.478 e.